The van der Waals surface area contributed by atoms with E-state index in [0.717, 1.165) is 0 Å². The van der Waals surface area contributed by atoms with Crippen LogP contribution in [0.2, 0.25) is 0 Å². The van der Waals surface area contributed by atoms with Gasteiger partial charge in [0.2, 0.25) is 0 Å². The van der Waals surface area contributed by atoms with Crippen molar-refractivity contribution in [3.63, 3.8) is 0 Å². The first-order valence-electron chi connectivity index (χ1n) is 5.65. The Hall–Kier alpha value is -1.12. The smallest absolute Gasteiger partial charge is 0.145 e. The van der Waals surface area contributed by atoms with E-state index in [9.17, 15) is 0 Å². The summed E-state index contributed by atoms with van der Waals surface area (Å²) in [5.74, 6) is 0.596. The molecule has 16 heavy (non-hydrogen) atoms. The summed E-state index contributed by atoms with van der Waals surface area (Å²) in [6.45, 7) is 4.44. The highest BCUT2D eigenvalue weighted by Gasteiger charge is 2.13. The quantitative estimate of drug-likeness (QED) is 0.841. The molecular formula is C14H18NS+. The van der Waals surface area contributed by atoms with E-state index < -0.39 is 0 Å². The van der Waals surface area contributed by atoms with Gasteiger partial charge in [-0.25, -0.2) is 0 Å². The summed E-state index contributed by atoms with van der Waals surface area (Å²) in [7, 11) is 0. The molecule has 2 aromatic rings. The lowest BCUT2D eigenvalue weighted by Crippen LogP contribution is -2.53. The second-order valence-corrected chi connectivity index (χ2v) is 5.37. The fourth-order valence-corrected chi connectivity index (χ4v) is 2.54. The topological polar surface area (TPSA) is 27.6 Å². The van der Waals surface area contributed by atoms with Gasteiger partial charge in [-0.1, -0.05) is 44.2 Å². The van der Waals surface area contributed by atoms with Crippen LogP contribution >= 0.6 is 11.3 Å². The van der Waals surface area contributed by atoms with Crippen molar-refractivity contribution in [2.24, 2.45) is 0 Å². The normalized spacial score (nSPS) is 13.0. The van der Waals surface area contributed by atoms with Crippen molar-refractivity contribution in [2.45, 2.75) is 25.8 Å². The van der Waals surface area contributed by atoms with Crippen LogP contribution in [0.3, 0.4) is 0 Å². The zero-order valence-corrected chi connectivity index (χ0v) is 10.6. The molecule has 1 aromatic carbocycles. The first-order chi connectivity index (χ1) is 7.68. The molecule has 0 saturated heterocycles. The molecule has 0 unspecified atom stereocenters. The third-order valence-electron chi connectivity index (χ3n) is 2.89. The second-order valence-electron chi connectivity index (χ2n) is 4.39. The van der Waals surface area contributed by atoms with Crippen LogP contribution in [0.25, 0.3) is 0 Å². The molecule has 0 bridgehead atoms. The SMILES string of the molecule is CC(C)c1ccc([C@H]([NH3+])c2cccs2)cc1. The fourth-order valence-electron chi connectivity index (χ4n) is 1.77. The third kappa shape index (κ3) is 2.34. The summed E-state index contributed by atoms with van der Waals surface area (Å²) in [6, 6.07) is 13.3. The zero-order chi connectivity index (χ0) is 11.5. The van der Waals surface area contributed by atoms with Gasteiger partial charge in [0.1, 0.15) is 6.04 Å². The van der Waals surface area contributed by atoms with E-state index in [-0.39, 0.29) is 6.04 Å². The van der Waals surface area contributed by atoms with Gasteiger partial charge < -0.3 is 5.73 Å². The molecule has 0 saturated carbocycles. The highest BCUT2D eigenvalue weighted by Crippen LogP contribution is 2.23. The average molecular weight is 232 g/mol. The van der Waals surface area contributed by atoms with Gasteiger partial charge in [0.15, 0.2) is 0 Å². The summed E-state index contributed by atoms with van der Waals surface area (Å²) in [5, 5.41) is 2.11. The highest BCUT2D eigenvalue weighted by atomic mass is 32.1. The largest absolute Gasteiger partial charge is 0.347 e. The lowest BCUT2D eigenvalue weighted by atomic mass is 9.99. The van der Waals surface area contributed by atoms with Crippen LogP contribution in [0, 0.1) is 0 Å². The number of hydrogen-bond acceptors (Lipinski definition) is 1. The summed E-state index contributed by atoms with van der Waals surface area (Å²) in [6.07, 6.45) is 0. The Morgan fingerprint density at radius 3 is 2.12 bits per heavy atom. The molecular weight excluding hydrogens is 214 g/mol. The minimum Gasteiger partial charge on any atom is -0.347 e. The van der Waals surface area contributed by atoms with Gasteiger partial charge in [-0.3, -0.25) is 0 Å². The summed E-state index contributed by atoms with van der Waals surface area (Å²) < 4.78 is 0. The van der Waals surface area contributed by atoms with Crippen LogP contribution in [0.15, 0.2) is 41.8 Å². The van der Waals surface area contributed by atoms with Crippen molar-refractivity contribution in [1.82, 2.24) is 0 Å². The molecule has 0 aliphatic heterocycles. The molecule has 84 valence electrons. The van der Waals surface area contributed by atoms with E-state index in [1.807, 2.05) is 0 Å². The molecule has 1 atom stereocenters. The Morgan fingerprint density at radius 2 is 1.62 bits per heavy atom. The summed E-state index contributed by atoms with van der Waals surface area (Å²) in [5.41, 5.74) is 6.92. The Bertz CT molecular complexity index is 428. The molecule has 0 aliphatic carbocycles. The maximum absolute atomic E-state index is 4.24. The van der Waals surface area contributed by atoms with Crippen molar-refractivity contribution in [1.29, 1.82) is 0 Å². The molecule has 3 N–H and O–H groups in total. The molecule has 0 spiro atoms. The predicted octanol–water partition coefficient (Wildman–Crippen LogP) is 3.20. The first kappa shape index (κ1) is 11.4. The lowest BCUT2D eigenvalue weighted by Gasteiger charge is -2.09. The first-order valence-corrected chi connectivity index (χ1v) is 6.53. The van der Waals surface area contributed by atoms with E-state index in [4.69, 9.17) is 0 Å². The van der Waals surface area contributed by atoms with Gasteiger partial charge in [-0.2, -0.15) is 0 Å². The third-order valence-corrected chi connectivity index (χ3v) is 3.88. The molecule has 0 aliphatic rings. The number of thiophene rings is 1. The van der Waals surface area contributed by atoms with Gasteiger partial charge >= 0.3 is 0 Å². The number of benzene rings is 1. The van der Waals surface area contributed by atoms with Crippen LogP contribution in [-0.2, 0) is 0 Å². The van der Waals surface area contributed by atoms with Gasteiger partial charge in [0.05, 0.1) is 4.88 Å². The molecule has 1 nitrogen and oxygen atoms in total. The van der Waals surface area contributed by atoms with Crippen LogP contribution in [0.4, 0.5) is 0 Å². The molecule has 0 fully saturated rings. The van der Waals surface area contributed by atoms with Gasteiger partial charge in [0.25, 0.3) is 0 Å². The zero-order valence-electron chi connectivity index (χ0n) is 9.81. The minimum atomic E-state index is 0.265. The van der Waals surface area contributed by atoms with Crippen molar-refractivity contribution >= 4 is 11.3 Å². The Labute approximate surface area is 101 Å². The monoisotopic (exact) mass is 232 g/mol. The maximum Gasteiger partial charge on any atom is 0.145 e. The fraction of sp³-hybridized carbons (Fsp3) is 0.286. The molecule has 2 heteroatoms. The van der Waals surface area contributed by atoms with Crippen molar-refractivity contribution in [2.75, 3.05) is 0 Å². The van der Waals surface area contributed by atoms with Gasteiger partial charge in [-0.05, 0) is 22.9 Å². The standard InChI is InChI=1S/C14H17NS/c1-10(2)11-5-7-12(8-6-11)14(15)13-4-3-9-16-13/h3-10,14H,15H2,1-2H3/p+1/t14-/m0/s1. The van der Waals surface area contributed by atoms with Crippen LogP contribution in [-0.4, -0.2) is 0 Å². The summed E-state index contributed by atoms with van der Waals surface area (Å²) >= 11 is 1.77. The number of quaternary nitrogens is 1. The Balaban J connectivity index is 2.22. The minimum absolute atomic E-state index is 0.265. The average Bonchev–Trinajstić information content (AvgIpc) is 2.81. The van der Waals surface area contributed by atoms with Crippen molar-refractivity contribution in [3.05, 3.63) is 57.8 Å². The highest BCUT2D eigenvalue weighted by molar-refractivity contribution is 7.10. The number of hydrogen-bond donors (Lipinski definition) is 1. The molecule has 2 rings (SSSR count). The van der Waals surface area contributed by atoms with Crippen LogP contribution < -0.4 is 5.73 Å². The van der Waals surface area contributed by atoms with Crippen molar-refractivity contribution in [3.8, 4) is 0 Å². The Morgan fingerprint density at radius 1 is 1.00 bits per heavy atom. The van der Waals surface area contributed by atoms with Gasteiger partial charge in [-0.15, -0.1) is 11.3 Å². The van der Waals surface area contributed by atoms with Gasteiger partial charge in [0, 0.05) is 5.56 Å². The summed E-state index contributed by atoms with van der Waals surface area (Å²) in [4.78, 5) is 1.33. The molecule has 0 radical (unpaired) electrons. The van der Waals surface area contributed by atoms with E-state index in [0.29, 0.717) is 5.92 Å². The molecule has 0 amide bonds. The van der Waals surface area contributed by atoms with E-state index in [1.165, 1.54) is 16.0 Å². The van der Waals surface area contributed by atoms with Crippen LogP contribution in [0.5, 0.6) is 0 Å². The maximum atomic E-state index is 4.24. The van der Waals surface area contributed by atoms with E-state index in [2.05, 4.69) is 61.4 Å². The van der Waals surface area contributed by atoms with Crippen LogP contribution in [0.1, 0.15) is 41.8 Å². The van der Waals surface area contributed by atoms with E-state index >= 15 is 0 Å². The van der Waals surface area contributed by atoms with E-state index in [1.54, 1.807) is 11.3 Å². The number of rotatable bonds is 3. The lowest BCUT2D eigenvalue weighted by molar-refractivity contribution is -0.410. The second kappa shape index (κ2) is 4.81. The predicted molar refractivity (Wildman–Crippen MR) is 69.6 cm³/mol. The van der Waals surface area contributed by atoms with Crippen molar-refractivity contribution < 1.29 is 5.73 Å². The molecule has 1 aromatic heterocycles. The Kier molecular flexibility index (Phi) is 3.42. The molecule has 1 heterocycles.